The van der Waals surface area contributed by atoms with Crippen LogP contribution in [0.25, 0.3) is 0 Å². The third-order valence-corrected chi connectivity index (χ3v) is 2.93. The van der Waals surface area contributed by atoms with Crippen LogP contribution in [-0.2, 0) is 0 Å². The first-order valence-electron chi connectivity index (χ1n) is 7.21. The molecule has 0 radical (unpaired) electrons. The normalized spacial score (nSPS) is 10.4. The summed E-state index contributed by atoms with van der Waals surface area (Å²) in [6.45, 7) is 7.53. The van der Waals surface area contributed by atoms with Gasteiger partial charge >= 0.3 is 0 Å². The smallest absolute Gasteiger partial charge is 0.251 e. The zero-order chi connectivity index (χ0) is 15.0. The van der Waals surface area contributed by atoms with Crippen LogP contribution < -0.4 is 10.6 Å². The molecule has 110 valence electrons. The predicted molar refractivity (Wildman–Crippen MR) is 80.9 cm³/mol. The average molecular weight is 276 g/mol. The maximum Gasteiger partial charge on any atom is 0.251 e. The van der Waals surface area contributed by atoms with Crippen molar-refractivity contribution < 1.29 is 9.59 Å². The van der Waals surface area contributed by atoms with E-state index in [2.05, 4.69) is 24.5 Å². The lowest BCUT2D eigenvalue weighted by molar-refractivity contribution is 0.0951. The lowest BCUT2D eigenvalue weighted by Gasteiger charge is -2.08. The zero-order valence-corrected chi connectivity index (χ0v) is 12.5. The molecule has 2 amide bonds. The molecule has 0 heterocycles. The lowest BCUT2D eigenvalue weighted by atomic mass is 10.1. The van der Waals surface area contributed by atoms with Crippen molar-refractivity contribution in [3.63, 3.8) is 0 Å². The Morgan fingerprint density at radius 3 is 2.10 bits per heavy atom. The molecule has 1 rings (SSSR count). The first-order valence-corrected chi connectivity index (χ1v) is 7.21. The number of carbonyl (C=O) groups excluding carboxylic acids is 2. The summed E-state index contributed by atoms with van der Waals surface area (Å²) >= 11 is 0. The summed E-state index contributed by atoms with van der Waals surface area (Å²) in [4.78, 5) is 23.8. The Bertz CT molecular complexity index is 456. The molecule has 0 spiro atoms. The summed E-state index contributed by atoms with van der Waals surface area (Å²) in [6.07, 6.45) is 1.84. The molecule has 0 aliphatic heterocycles. The van der Waals surface area contributed by atoms with Crippen LogP contribution in [0.15, 0.2) is 24.3 Å². The van der Waals surface area contributed by atoms with Gasteiger partial charge in [0, 0.05) is 24.2 Å². The van der Waals surface area contributed by atoms with Crippen molar-refractivity contribution in [2.75, 3.05) is 13.1 Å². The molecular weight excluding hydrogens is 252 g/mol. The Kier molecular flexibility index (Phi) is 6.77. The maximum atomic E-state index is 12.0. The predicted octanol–water partition coefficient (Wildman–Crippen LogP) is 2.60. The molecule has 0 aromatic heterocycles. The van der Waals surface area contributed by atoms with Crippen molar-refractivity contribution in [1.29, 1.82) is 0 Å². The Hall–Kier alpha value is -1.84. The fraction of sp³-hybridized carbons (Fsp3) is 0.500. The molecule has 2 N–H and O–H groups in total. The van der Waals surface area contributed by atoms with Crippen LogP contribution in [0.4, 0.5) is 0 Å². The second-order valence-corrected chi connectivity index (χ2v) is 5.28. The van der Waals surface area contributed by atoms with E-state index >= 15 is 0 Å². The summed E-state index contributed by atoms with van der Waals surface area (Å²) in [6, 6.07) is 6.81. The van der Waals surface area contributed by atoms with Gasteiger partial charge in [-0.25, -0.2) is 0 Å². The summed E-state index contributed by atoms with van der Waals surface area (Å²) in [5.41, 5.74) is 1.05. The average Bonchev–Trinajstić information content (AvgIpc) is 2.44. The van der Waals surface area contributed by atoms with Crippen molar-refractivity contribution in [3.05, 3.63) is 35.4 Å². The fourth-order valence-electron chi connectivity index (χ4n) is 1.72. The molecule has 1 aromatic carbocycles. The van der Waals surface area contributed by atoms with E-state index in [0.29, 0.717) is 30.1 Å². The third-order valence-electron chi connectivity index (χ3n) is 2.93. The molecule has 4 nitrogen and oxygen atoms in total. The van der Waals surface area contributed by atoms with Crippen molar-refractivity contribution in [2.45, 2.75) is 33.6 Å². The van der Waals surface area contributed by atoms with E-state index in [-0.39, 0.29) is 11.8 Å². The highest BCUT2D eigenvalue weighted by atomic mass is 16.2. The van der Waals surface area contributed by atoms with Crippen LogP contribution in [0.2, 0.25) is 0 Å². The van der Waals surface area contributed by atoms with Crippen molar-refractivity contribution in [1.82, 2.24) is 10.6 Å². The lowest BCUT2D eigenvalue weighted by Crippen LogP contribution is -2.27. The topological polar surface area (TPSA) is 58.2 Å². The first kappa shape index (κ1) is 16.2. The van der Waals surface area contributed by atoms with Crippen molar-refractivity contribution in [2.24, 2.45) is 5.92 Å². The second-order valence-electron chi connectivity index (χ2n) is 5.28. The highest BCUT2D eigenvalue weighted by molar-refractivity contribution is 5.99. The van der Waals surface area contributed by atoms with E-state index in [0.717, 1.165) is 12.8 Å². The third kappa shape index (κ3) is 5.43. The van der Waals surface area contributed by atoms with Crippen LogP contribution in [0.3, 0.4) is 0 Å². The van der Waals surface area contributed by atoms with Crippen LogP contribution in [0, 0.1) is 5.92 Å². The number of carbonyl (C=O) groups is 2. The van der Waals surface area contributed by atoms with E-state index in [4.69, 9.17) is 0 Å². The van der Waals surface area contributed by atoms with Gasteiger partial charge in [0.1, 0.15) is 0 Å². The Balaban J connectivity index is 2.62. The minimum Gasteiger partial charge on any atom is -0.352 e. The molecule has 0 bridgehead atoms. The largest absolute Gasteiger partial charge is 0.352 e. The van der Waals surface area contributed by atoms with Gasteiger partial charge in [-0.05, 0) is 37.0 Å². The second kappa shape index (κ2) is 8.35. The Morgan fingerprint density at radius 1 is 1.05 bits per heavy atom. The molecule has 0 saturated heterocycles. The van der Waals surface area contributed by atoms with Crippen LogP contribution >= 0.6 is 0 Å². The van der Waals surface area contributed by atoms with Gasteiger partial charge in [0.2, 0.25) is 0 Å². The minimum absolute atomic E-state index is 0.129. The van der Waals surface area contributed by atoms with Crippen molar-refractivity contribution >= 4 is 11.8 Å². The van der Waals surface area contributed by atoms with Gasteiger partial charge in [-0.1, -0.05) is 26.8 Å². The summed E-state index contributed by atoms with van der Waals surface area (Å²) < 4.78 is 0. The van der Waals surface area contributed by atoms with Crippen LogP contribution in [-0.4, -0.2) is 24.9 Å². The number of hydrogen-bond acceptors (Lipinski definition) is 2. The number of nitrogens with one attached hydrogen (secondary N) is 2. The SMILES string of the molecule is CCCNC(=O)c1cccc(C(=O)NCCC(C)C)c1. The Labute approximate surface area is 121 Å². The quantitative estimate of drug-likeness (QED) is 0.804. The Morgan fingerprint density at radius 2 is 1.60 bits per heavy atom. The molecular formula is C16H24N2O2. The highest BCUT2D eigenvalue weighted by Gasteiger charge is 2.09. The monoisotopic (exact) mass is 276 g/mol. The molecule has 0 unspecified atom stereocenters. The maximum absolute atomic E-state index is 12.0. The van der Waals surface area contributed by atoms with E-state index < -0.39 is 0 Å². The van der Waals surface area contributed by atoms with E-state index in [9.17, 15) is 9.59 Å². The number of rotatable bonds is 7. The summed E-state index contributed by atoms with van der Waals surface area (Å²) in [5, 5.41) is 5.67. The van der Waals surface area contributed by atoms with E-state index in [1.54, 1.807) is 24.3 Å². The van der Waals surface area contributed by atoms with Gasteiger partial charge in [-0.15, -0.1) is 0 Å². The molecule has 4 heteroatoms. The van der Waals surface area contributed by atoms with Gasteiger partial charge in [0.15, 0.2) is 0 Å². The van der Waals surface area contributed by atoms with Crippen LogP contribution in [0.5, 0.6) is 0 Å². The molecule has 1 aromatic rings. The number of benzene rings is 1. The molecule has 0 fully saturated rings. The molecule has 0 atom stereocenters. The van der Waals surface area contributed by atoms with Crippen molar-refractivity contribution in [3.8, 4) is 0 Å². The molecule has 0 aliphatic rings. The van der Waals surface area contributed by atoms with Gasteiger partial charge < -0.3 is 10.6 Å². The van der Waals surface area contributed by atoms with Gasteiger partial charge in [-0.3, -0.25) is 9.59 Å². The van der Waals surface area contributed by atoms with Gasteiger partial charge in [0.25, 0.3) is 11.8 Å². The van der Waals surface area contributed by atoms with Gasteiger partial charge in [0.05, 0.1) is 0 Å². The van der Waals surface area contributed by atoms with Crippen LogP contribution in [0.1, 0.15) is 54.3 Å². The van der Waals surface area contributed by atoms with E-state index in [1.807, 2.05) is 6.92 Å². The number of amides is 2. The fourth-order valence-corrected chi connectivity index (χ4v) is 1.72. The summed E-state index contributed by atoms with van der Waals surface area (Å²) in [5.74, 6) is 0.293. The standard InChI is InChI=1S/C16H24N2O2/c1-4-9-17-15(19)13-6-5-7-14(11-13)16(20)18-10-8-12(2)3/h5-7,11-12H,4,8-10H2,1-3H3,(H,17,19)(H,18,20). The van der Waals surface area contributed by atoms with Gasteiger partial charge in [-0.2, -0.15) is 0 Å². The first-order chi connectivity index (χ1) is 9.54. The highest BCUT2D eigenvalue weighted by Crippen LogP contribution is 2.06. The zero-order valence-electron chi connectivity index (χ0n) is 12.5. The number of hydrogen-bond donors (Lipinski definition) is 2. The molecule has 0 aliphatic carbocycles. The summed E-state index contributed by atoms with van der Waals surface area (Å²) in [7, 11) is 0. The molecule has 0 saturated carbocycles. The minimum atomic E-state index is -0.135. The van der Waals surface area contributed by atoms with E-state index in [1.165, 1.54) is 0 Å². The molecule has 20 heavy (non-hydrogen) atoms.